The third-order valence-electron chi connectivity index (χ3n) is 5.36. The topological polar surface area (TPSA) is 64.0 Å². The van der Waals surface area contributed by atoms with Crippen LogP contribution < -0.4 is 10.9 Å². The molecule has 0 aliphatic heterocycles. The molecule has 0 radical (unpaired) electrons. The molecule has 1 saturated carbocycles. The van der Waals surface area contributed by atoms with Crippen molar-refractivity contribution >= 4 is 28.6 Å². The van der Waals surface area contributed by atoms with Crippen LogP contribution in [0.3, 0.4) is 0 Å². The lowest BCUT2D eigenvalue weighted by Crippen LogP contribution is -2.36. The van der Waals surface area contributed by atoms with Crippen molar-refractivity contribution < 1.29 is 4.79 Å². The second-order valence-electron chi connectivity index (χ2n) is 7.62. The maximum Gasteiger partial charge on any atom is 0.262 e. The number of para-hydroxylation sites is 1. The van der Waals surface area contributed by atoms with Gasteiger partial charge in [-0.15, -0.1) is 0 Å². The molecule has 1 amide bonds. The van der Waals surface area contributed by atoms with Gasteiger partial charge in [-0.1, -0.05) is 69.3 Å². The minimum absolute atomic E-state index is 0.0121. The van der Waals surface area contributed by atoms with Crippen molar-refractivity contribution in [2.45, 2.75) is 82.5 Å². The fourth-order valence-corrected chi connectivity index (χ4v) is 4.61. The number of hydrogen-bond donors (Lipinski definition) is 1. The summed E-state index contributed by atoms with van der Waals surface area (Å²) in [6.45, 7) is 2.74. The molecule has 0 spiro atoms. The van der Waals surface area contributed by atoms with E-state index < -0.39 is 0 Å². The Hall–Kier alpha value is -1.82. The first-order chi connectivity index (χ1) is 13.7. The van der Waals surface area contributed by atoms with Crippen LogP contribution in [0.1, 0.15) is 64.7 Å². The van der Waals surface area contributed by atoms with Gasteiger partial charge in [0.2, 0.25) is 5.91 Å². The van der Waals surface area contributed by atoms with Gasteiger partial charge in [-0.05, 0) is 31.4 Å². The molecule has 3 rings (SSSR count). The highest BCUT2D eigenvalue weighted by Gasteiger charge is 2.16. The predicted octanol–water partition coefficient (Wildman–Crippen LogP) is 4.52. The summed E-state index contributed by atoms with van der Waals surface area (Å²) in [5.41, 5.74) is 0.685. The molecule has 5 nitrogen and oxygen atoms in total. The van der Waals surface area contributed by atoms with Gasteiger partial charge in [0.1, 0.15) is 0 Å². The molecular weight excluding hydrogens is 370 g/mol. The average molecular weight is 402 g/mol. The Balaban J connectivity index is 1.69. The standard InChI is InChI=1S/C22H31N3O2S/c1-2-3-15-25-21(27)18-13-9-10-14-19(18)24-22(25)28-16-20(26)23-17-11-7-5-4-6-8-12-17/h9-10,13-14,17H,2-8,11-12,15-16H2,1H3,(H,23,26). The molecule has 1 N–H and O–H groups in total. The second-order valence-corrected chi connectivity index (χ2v) is 8.56. The number of carbonyl (C=O) groups excluding carboxylic acids is 1. The van der Waals surface area contributed by atoms with Gasteiger partial charge >= 0.3 is 0 Å². The van der Waals surface area contributed by atoms with Crippen LogP contribution in [0.25, 0.3) is 10.9 Å². The summed E-state index contributed by atoms with van der Waals surface area (Å²) in [7, 11) is 0. The molecule has 2 aromatic rings. The number of nitrogens with one attached hydrogen (secondary N) is 1. The third kappa shape index (κ3) is 5.60. The Morgan fingerprint density at radius 1 is 1.18 bits per heavy atom. The zero-order valence-electron chi connectivity index (χ0n) is 16.8. The number of rotatable bonds is 7. The maximum atomic E-state index is 12.9. The van der Waals surface area contributed by atoms with Crippen LogP contribution in [0.15, 0.2) is 34.2 Å². The molecule has 1 heterocycles. The summed E-state index contributed by atoms with van der Waals surface area (Å²) >= 11 is 1.37. The number of amides is 1. The minimum Gasteiger partial charge on any atom is -0.353 e. The van der Waals surface area contributed by atoms with E-state index in [1.54, 1.807) is 4.57 Å². The van der Waals surface area contributed by atoms with Crippen LogP contribution in [-0.4, -0.2) is 27.3 Å². The van der Waals surface area contributed by atoms with Crippen molar-refractivity contribution in [3.05, 3.63) is 34.6 Å². The fraction of sp³-hybridized carbons (Fsp3) is 0.591. The zero-order chi connectivity index (χ0) is 19.8. The molecule has 0 bridgehead atoms. The lowest BCUT2D eigenvalue weighted by atomic mass is 9.97. The number of benzene rings is 1. The van der Waals surface area contributed by atoms with Crippen molar-refractivity contribution in [3.63, 3.8) is 0 Å². The molecule has 0 saturated heterocycles. The van der Waals surface area contributed by atoms with E-state index >= 15 is 0 Å². The first kappa shape index (κ1) is 20.9. The molecule has 1 fully saturated rings. The van der Waals surface area contributed by atoms with E-state index in [0.29, 0.717) is 34.4 Å². The number of carbonyl (C=O) groups is 1. The summed E-state index contributed by atoms with van der Waals surface area (Å²) in [5.74, 6) is 0.341. The first-order valence-corrected chi connectivity index (χ1v) is 11.6. The molecule has 0 unspecified atom stereocenters. The summed E-state index contributed by atoms with van der Waals surface area (Å²) < 4.78 is 1.74. The molecule has 1 aromatic heterocycles. The summed E-state index contributed by atoms with van der Waals surface area (Å²) in [6.07, 6.45) is 10.3. The fourth-order valence-electron chi connectivity index (χ4n) is 3.77. The van der Waals surface area contributed by atoms with Gasteiger partial charge in [0, 0.05) is 12.6 Å². The maximum absolute atomic E-state index is 12.9. The van der Waals surface area contributed by atoms with E-state index in [4.69, 9.17) is 0 Å². The van der Waals surface area contributed by atoms with E-state index in [0.717, 1.165) is 25.7 Å². The normalized spacial score (nSPS) is 15.9. The van der Waals surface area contributed by atoms with Crippen molar-refractivity contribution in [3.8, 4) is 0 Å². The largest absolute Gasteiger partial charge is 0.353 e. The Morgan fingerprint density at radius 3 is 2.64 bits per heavy atom. The van der Waals surface area contributed by atoms with E-state index in [1.165, 1.54) is 43.9 Å². The van der Waals surface area contributed by atoms with Crippen LogP contribution in [0, 0.1) is 0 Å². The SMILES string of the molecule is CCCCn1c(SCC(=O)NC2CCCCCCC2)nc2ccccc2c1=O. The highest BCUT2D eigenvalue weighted by molar-refractivity contribution is 7.99. The molecule has 1 aliphatic rings. The van der Waals surface area contributed by atoms with E-state index in [9.17, 15) is 9.59 Å². The number of thioether (sulfide) groups is 1. The van der Waals surface area contributed by atoms with Crippen molar-refractivity contribution in [2.75, 3.05) is 5.75 Å². The van der Waals surface area contributed by atoms with Crippen LogP contribution in [0.4, 0.5) is 0 Å². The Kier molecular flexibility index (Phi) is 7.95. The third-order valence-corrected chi connectivity index (χ3v) is 6.34. The van der Waals surface area contributed by atoms with Gasteiger partial charge in [-0.3, -0.25) is 14.2 Å². The van der Waals surface area contributed by atoms with Crippen molar-refractivity contribution in [2.24, 2.45) is 0 Å². The van der Waals surface area contributed by atoms with Gasteiger partial charge in [0.25, 0.3) is 5.56 Å². The van der Waals surface area contributed by atoms with Crippen molar-refractivity contribution in [1.29, 1.82) is 0 Å². The minimum atomic E-state index is -0.0121. The Labute approximate surface area is 171 Å². The number of nitrogens with zero attached hydrogens (tertiary/aromatic N) is 2. The summed E-state index contributed by atoms with van der Waals surface area (Å²) in [6, 6.07) is 7.73. The Bertz CT molecular complexity index is 841. The van der Waals surface area contributed by atoms with Gasteiger partial charge in [-0.2, -0.15) is 0 Å². The quantitative estimate of drug-likeness (QED) is 0.547. The number of hydrogen-bond acceptors (Lipinski definition) is 4. The van der Waals surface area contributed by atoms with Crippen LogP contribution in [-0.2, 0) is 11.3 Å². The van der Waals surface area contributed by atoms with E-state index in [-0.39, 0.29) is 11.5 Å². The number of fused-ring (bicyclic) bond motifs is 1. The van der Waals surface area contributed by atoms with Crippen molar-refractivity contribution in [1.82, 2.24) is 14.9 Å². The van der Waals surface area contributed by atoms with Gasteiger partial charge < -0.3 is 5.32 Å². The number of aromatic nitrogens is 2. The molecular formula is C22H31N3O2S. The molecule has 1 aliphatic carbocycles. The molecule has 28 heavy (non-hydrogen) atoms. The van der Waals surface area contributed by atoms with E-state index in [2.05, 4.69) is 17.2 Å². The zero-order valence-corrected chi connectivity index (χ0v) is 17.6. The first-order valence-electron chi connectivity index (χ1n) is 10.6. The van der Waals surface area contributed by atoms with Gasteiger partial charge in [0.05, 0.1) is 16.7 Å². The molecule has 0 atom stereocenters. The molecule has 6 heteroatoms. The molecule has 152 valence electrons. The lowest BCUT2D eigenvalue weighted by Gasteiger charge is -2.21. The highest BCUT2D eigenvalue weighted by atomic mass is 32.2. The van der Waals surface area contributed by atoms with Crippen LogP contribution in [0.2, 0.25) is 0 Å². The molecule has 1 aromatic carbocycles. The smallest absolute Gasteiger partial charge is 0.262 e. The second kappa shape index (κ2) is 10.6. The van der Waals surface area contributed by atoms with Gasteiger partial charge in [-0.25, -0.2) is 4.98 Å². The lowest BCUT2D eigenvalue weighted by molar-refractivity contribution is -0.119. The van der Waals surface area contributed by atoms with Crippen LogP contribution >= 0.6 is 11.8 Å². The predicted molar refractivity (Wildman–Crippen MR) is 116 cm³/mol. The summed E-state index contributed by atoms with van der Waals surface area (Å²) in [5, 5.41) is 4.48. The van der Waals surface area contributed by atoms with Crippen LogP contribution in [0.5, 0.6) is 0 Å². The average Bonchev–Trinajstić information content (AvgIpc) is 2.68. The summed E-state index contributed by atoms with van der Waals surface area (Å²) in [4.78, 5) is 30.1. The van der Waals surface area contributed by atoms with E-state index in [1.807, 2.05) is 24.3 Å². The van der Waals surface area contributed by atoms with Gasteiger partial charge in [0.15, 0.2) is 5.16 Å². The number of unbranched alkanes of at least 4 members (excludes halogenated alkanes) is 1. The highest BCUT2D eigenvalue weighted by Crippen LogP contribution is 2.20. The monoisotopic (exact) mass is 401 g/mol. The Morgan fingerprint density at radius 2 is 1.89 bits per heavy atom.